The average molecular weight is 439 g/mol. The number of fused-ring (bicyclic) bond motifs is 2. The maximum atomic E-state index is 5.96. The van der Waals surface area contributed by atoms with Crippen LogP contribution >= 0.6 is 11.3 Å². The standard InChI is InChI=1S/C25H22N6S/c1-4-15(8-17(26)5-2)16-9-19-24(30-31-25(19)28-11-16)21-10-18-20(12-27-13-22(18)29-21)23-7-6-14(3)32-23/h4-13,29H,2,26H2,1,3H3,(H,28,30,31)/b15-4+,17-8+. The van der Waals surface area contributed by atoms with E-state index in [9.17, 15) is 0 Å². The number of hydrogen-bond donors (Lipinski definition) is 3. The first-order chi connectivity index (χ1) is 15.6. The summed E-state index contributed by atoms with van der Waals surface area (Å²) >= 11 is 1.77. The molecule has 4 N–H and O–H groups in total. The minimum absolute atomic E-state index is 0.602. The third-order valence-corrected chi connectivity index (χ3v) is 6.47. The highest BCUT2D eigenvalue weighted by molar-refractivity contribution is 7.15. The second-order valence-corrected chi connectivity index (χ2v) is 8.82. The van der Waals surface area contributed by atoms with Crippen LogP contribution in [0.1, 0.15) is 17.4 Å². The minimum atomic E-state index is 0.602. The molecule has 0 fully saturated rings. The number of aromatic nitrogens is 5. The number of pyridine rings is 2. The molecule has 6 nitrogen and oxygen atoms in total. The van der Waals surface area contributed by atoms with Gasteiger partial charge in [0, 0.05) is 49.7 Å². The molecule has 0 unspecified atom stereocenters. The second kappa shape index (κ2) is 7.94. The summed E-state index contributed by atoms with van der Waals surface area (Å²) in [6.45, 7) is 7.82. The first kappa shape index (κ1) is 20.0. The SMILES string of the molecule is C=C/C(N)=C\C(=C/C)c1cnc2n[nH]c(-c3cc4c(-c5ccc(C)s5)cncc4[nH]3)c2c1. The lowest BCUT2D eigenvalue weighted by molar-refractivity contribution is 1.10. The topological polar surface area (TPSA) is 96.3 Å². The van der Waals surface area contributed by atoms with Crippen molar-refractivity contribution in [2.24, 2.45) is 5.73 Å². The fourth-order valence-corrected chi connectivity index (χ4v) is 4.69. The van der Waals surface area contributed by atoms with Crippen molar-refractivity contribution in [3.05, 3.63) is 83.8 Å². The highest BCUT2D eigenvalue weighted by Gasteiger charge is 2.15. The Labute approximate surface area is 189 Å². The molecule has 5 heterocycles. The Morgan fingerprint density at radius 3 is 2.78 bits per heavy atom. The number of aromatic amines is 2. The van der Waals surface area contributed by atoms with E-state index in [1.54, 1.807) is 17.4 Å². The van der Waals surface area contributed by atoms with Crippen LogP contribution < -0.4 is 5.73 Å². The molecule has 0 aliphatic heterocycles. The highest BCUT2D eigenvalue weighted by Crippen LogP contribution is 2.36. The highest BCUT2D eigenvalue weighted by atomic mass is 32.1. The Kier molecular flexibility index (Phi) is 4.95. The Morgan fingerprint density at radius 1 is 1.16 bits per heavy atom. The fraction of sp³-hybridized carbons (Fsp3) is 0.0800. The van der Waals surface area contributed by atoms with Crippen molar-refractivity contribution < 1.29 is 0 Å². The molecule has 32 heavy (non-hydrogen) atoms. The molecular weight excluding hydrogens is 416 g/mol. The van der Waals surface area contributed by atoms with Crippen LogP contribution in [0.3, 0.4) is 0 Å². The number of nitrogens with zero attached hydrogens (tertiary/aromatic N) is 3. The number of nitrogens with one attached hydrogen (secondary N) is 2. The first-order valence-electron chi connectivity index (χ1n) is 10.2. The van der Waals surface area contributed by atoms with Crippen LogP contribution in [0.5, 0.6) is 0 Å². The monoisotopic (exact) mass is 438 g/mol. The Bertz CT molecular complexity index is 1530. The van der Waals surface area contributed by atoms with Crippen LogP contribution in [0.25, 0.3) is 49.3 Å². The molecule has 0 amide bonds. The van der Waals surface area contributed by atoms with E-state index in [0.717, 1.165) is 44.4 Å². The normalized spacial score (nSPS) is 12.7. The molecule has 5 aromatic heterocycles. The number of allylic oxidation sites excluding steroid dienone is 4. The van der Waals surface area contributed by atoms with Crippen molar-refractivity contribution >= 4 is 38.8 Å². The van der Waals surface area contributed by atoms with Crippen molar-refractivity contribution in [1.82, 2.24) is 25.1 Å². The molecule has 0 aliphatic carbocycles. The lowest BCUT2D eigenvalue weighted by atomic mass is 10.0. The van der Waals surface area contributed by atoms with Gasteiger partial charge in [-0.15, -0.1) is 11.3 Å². The van der Waals surface area contributed by atoms with Gasteiger partial charge >= 0.3 is 0 Å². The van der Waals surface area contributed by atoms with E-state index in [2.05, 4.69) is 62.9 Å². The largest absolute Gasteiger partial charge is 0.399 e. The van der Waals surface area contributed by atoms with Crippen molar-refractivity contribution in [2.75, 3.05) is 0 Å². The van der Waals surface area contributed by atoms with E-state index < -0.39 is 0 Å². The smallest absolute Gasteiger partial charge is 0.181 e. The summed E-state index contributed by atoms with van der Waals surface area (Å²) in [5.74, 6) is 0. The molecule has 158 valence electrons. The zero-order chi connectivity index (χ0) is 22.2. The van der Waals surface area contributed by atoms with Gasteiger partial charge in [-0.05, 0) is 55.8 Å². The van der Waals surface area contributed by atoms with E-state index in [4.69, 9.17) is 5.73 Å². The zero-order valence-electron chi connectivity index (χ0n) is 17.8. The summed E-state index contributed by atoms with van der Waals surface area (Å²) < 4.78 is 0. The predicted octanol–water partition coefficient (Wildman–Crippen LogP) is 5.97. The van der Waals surface area contributed by atoms with Gasteiger partial charge in [-0.2, -0.15) is 5.10 Å². The summed E-state index contributed by atoms with van der Waals surface area (Å²) in [4.78, 5) is 15.0. The molecule has 0 aliphatic rings. The number of rotatable bonds is 5. The summed E-state index contributed by atoms with van der Waals surface area (Å²) in [5, 5.41) is 9.62. The molecule has 7 heteroatoms. The summed E-state index contributed by atoms with van der Waals surface area (Å²) in [6, 6.07) is 8.50. The van der Waals surface area contributed by atoms with Crippen LogP contribution in [-0.2, 0) is 0 Å². The van der Waals surface area contributed by atoms with Gasteiger partial charge < -0.3 is 10.7 Å². The molecule has 0 radical (unpaired) electrons. The van der Waals surface area contributed by atoms with Crippen molar-refractivity contribution in [2.45, 2.75) is 13.8 Å². The van der Waals surface area contributed by atoms with Crippen LogP contribution in [-0.4, -0.2) is 25.1 Å². The van der Waals surface area contributed by atoms with E-state index in [-0.39, 0.29) is 0 Å². The molecule has 5 aromatic rings. The van der Waals surface area contributed by atoms with E-state index >= 15 is 0 Å². The van der Waals surface area contributed by atoms with Gasteiger partial charge in [-0.1, -0.05) is 12.7 Å². The third-order valence-electron chi connectivity index (χ3n) is 5.43. The van der Waals surface area contributed by atoms with E-state index in [0.29, 0.717) is 11.3 Å². The molecule has 5 rings (SSSR count). The number of thiophene rings is 1. The van der Waals surface area contributed by atoms with Gasteiger partial charge in [0.15, 0.2) is 5.65 Å². The lowest BCUT2D eigenvalue weighted by Gasteiger charge is -2.04. The summed E-state index contributed by atoms with van der Waals surface area (Å²) in [6.07, 6.45) is 11.1. The van der Waals surface area contributed by atoms with Crippen molar-refractivity contribution in [1.29, 1.82) is 0 Å². The maximum Gasteiger partial charge on any atom is 0.181 e. The maximum absolute atomic E-state index is 5.96. The lowest BCUT2D eigenvalue weighted by Crippen LogP contribution is -1.93. The van der Waals surface area contributed by atoms with Crippen LogP contribution in [0.4, 0.5) is 0 Å². The summed E-state index contributed by atoms with van der Waals surface area (Å²) in [5.41, 5.74) is 13.1. The van der Waals surface area contributed by atoms with Gasteiger partial charge in [0.05, 0.1) is 23.1 Å². The van der Waals surface area contributed by atoms with Gasteiger partial charge in [0.1, 0.15) is 0 Å². The summed E-state index contributed by atoms with van der Waals surface area (Å²) in [7, 11) is 0. The Hall–Kier alpha value is -3.97. The predicted molar refractivity (Wildman–Crippen MR) is 133 cm³/mol. The van der Waals surface area contributed by atoms with Gasteiger partial charge in [-0.3, -0.25) is 10.1 Å². The molecule has 0 aromatic carbocycles. The molecule has 0 saturated heterocycles. The van der Waals surface area contributed by atoms with Gasteiger partial charge in [0.25, 0.3) is 0 Å². The number of aryl methyl sites for hydroxylation is 1. The van der Waals surface area contributed by atoms with E-state index in [1.807, 2.05) is 37.7 Å². The molecular formula is C25H22N6S. The third kappa shape index (κ3) is 3.42. The molecule has 0 bridgehead atoms. The van der Waals surface area contributed by atoms with Crippen LogP contribution in [0.15, 0.2) is 73.4 Å². The molecule has 0 saturated carbocycles. The van der Waals surface area contributed by atoms with Crippen LogP contribution in [0.2, 0.25) is 0 Å². The average Bonchev–Trinajstić information content (AvgIpc) is 3.53. The number of H-pyrrole nitrogens is 2. The van der Waals surface area contributed by atoms with Crippen molar-refractivity contribution in [3.63, 3.8) is 0 Å². The Balaban J connectivity index is 1.64. The van der Waals surface area contributed by atoms with E-state index in [1.165, 1.54) is 9.75 Å². The van der Waals surface area contributed by atoms with Crippen molar-refractivity contribution in [3.8, 4) is 21.8 Å². The zero-order valence-corrected chi connectivity index (χ0v) is 18.6. The Morgan fingerprint density at radius 2 is 2.03 bits per heavy atom. The van der Waals surface area contributed by atoms with Gasteiger partial charge in [-0.25, -0.2) is 4.98 Å². The number of hydrogen-bond acceptors (Lipinski definition) is 5. The molecule has 0 atom stereocenters. The van der Waals surface area contributed by atoms with Gasteiger partial charge in [0.2, 0.25) is 0 Å². The number of nitrogens with two attached hydrogens (primary N) is 1. The van der Waals surface area contributed by atoms with Crippen LogP contribution in [0, 0.1) is 6.92 Å². The minimum Gasteiger partial charge on any atom is -0.399 e. The fourth-order valence-electron chi connectivity index (χ4n) is 3.80. The first-order valence-corrected chi connectivity index (χ1v) is 11.0. The quantitative estimate of drug-likeness (QED) is 0.295. The molecule has 0 spiro atoms. The second-order valence-electron chi connectivity index (χ2n) is 7.53.